The van der Waals surface area contributed by atoms with E-state index in [1.807, 2.05) is 36.4 Å². The molecule has 2 aromatic carbocycles. The molecular weight excluding hydrogens is 394 g/mol. The third-order valence-corrected chi connectivity index (χ3v) is 5.03. The van der Waals surface area contributed by atoms with E-state index < -0.39 is 6.10 Å². The zero-order valence-corrected chi connectivity index (χ0v) is 16.7. The first kappa shape index (κ1) is 18.7. The molecule has 0 bridgehead atoms. The lowest BCUT2D eigenvalue weighted by Gasteiger charge is -2.34. The number of hydrogen-bond donors (Lipinski definition) is 1. The molecule has 1 aliphatic heterocycles. The average Bonchev–Trinajstić information content (AvgIpc) is 2.65. The molecule has 1 N–H and O–H groups in total. The SMILES string of the molecule is C[C@@H](Oc1ccc(Br)cc1)C(=O)Nc1ccc(N2CCN(C)CC2)cc1. The van der Waals surface area contributed by atoms with Gasteiger partial charge >= 0.3 is 0 Å². The number of benzene rings is 2. The first-order valence-electron chi connectivity index (χ1n) is 8.78. The van der Waals surface area contributed by atoms with Gasteiger partial charge in [0.05, 0.1) is 0 Å². The van der Waals surface area contributed by atoms with Crippen LogP contribution >= 0.6 is 15.9 Å². The van der Waals surface area contributed by atoms with Crippen molar-refractivity contribution in [2.75, 3.05) is 43.4 Å². The smallest absolute Gasteiger partial charge is 0.265 e. The van der Waals surface area contributed by atoms with Crippen LogP contribution in [0, 0.1) is 0 Å². The summed E-state index contributed by atoms with van der Waals surface area (Å²) in [7, 11) is 2.15. The van der Waals surface area contributed by atoms with Crippen molar-refractivity contribution in [3.05, 3.63) is 53.0 Å². The maximum absolute atomic E-state index is 12.3. The zero-order chi connectivity index (χ0) is 18.5. The first-order valence-corrected chi connectivity index (χ1v) is 9.57. The highest BCUT2D eigenvalue weighted by molar-refractivity contribution is 9.10. The monoisotopic (exact) mass is 417 g/mol. The summed E-state index contributed by atoms with van der Waals surface area (Å²) >= 11 is 3.38. The summed E-state index contributed by atoms with van der Waals surface area (Å²) in [6, 6.07) is 15.4. The maximum Gasteiger partial charge on any atom is 0.265 e. The van der Waals surface area contributed by atoms with E-state index in [0.717, 1.165) is 36.3 Å². The number of halogens is 1. The van der Waals surface area contributed by atoms with Gasteiger partial charge in [0.2, 0.25) is 0 Å². The fourth-order valence-electron chi connectivity index (χ4n) is 2.83. The average molecular weight is 418 g/mol. The number of ether oxygens (including phenoxy) is 1. The Kier molecular flexibility index (Phi) is 6.16. The number of carbonyl (C=O) groups is 1. The molecule has 2 aromatic rings. The van der Waals surface area contributed by atoms with E-state index >= 15 is 0 Å². The summed E-state index contributed by atoms with van der Waals surface area (Å²) in [6.45, 7) is 5.95. The minimum absolute atomic E-state index is 0.166. The number of rotatable bonds is 5. The molecular formula is C20H24BrN3O2. The minimum atomic E-state index is -0.575. The van der Waals surface area contributed by atoms with Crippen molar-refractivity contribution in [3.8, 4) is 5.75 Å². The molecule has 1 aliphatic rings. The van der Waals surface area contributed by atoms with Gasteiger partial charge in [0.25, 0.3) is 5.91 Å². The lowest BCUT2D eigenvalue weighted by molar-refractivity contribution is -0.122. The number of nitrogens with zero attached hydrogens (tertiary/aromatic N) is 2. The summed E-state index contributed by atoms with van der Waals surface area (Å²) in [4.78, 5) is 17.0. The van der Waals surface area contributed by atoms with Gasteiger partial charge in [-0.15, -0.1) is 0 Å². The summed E-state index contributed by atoms with van der Waals surface area (Å²) in [5, 5.41) is 2.91. The Morgan fingerprint density at radius 2 is 1.65 bits per heavy atom. The van der Waals surface area contributed by atoms with E-state index in [2.05, 4.69) is 50.2 Å². The van der Waals surface area contributed by atoms with Crippen molar-refractivity contribution in [2.24, 2.45) is 0 Å². The molecule has 0 spiro atoms. The largest absolute Gasteiger partial charge is 0.481 e. The third-order valence-electron chi connectivity index (χ3n) is 4.50. The molecule has 1 fully saturated rings. The van der Waals surface area contributed by atoms with Crippen LogP contribution in [0.4, 0.5) is 11.4 Å². The van der Waals surface area contributed by atoms with Crippen molar-refractivity contribution in [3.63, 3.8) is 0 Å². The Balaban J connectivity index is 1.54. The maximum atomic E-state index is 12.3. The van der Waals surface area contributed by atoms with Crippen LogP contribution in [0.2, 0.25) is 0 Å². The Labute approximate surface area is 163 Å². The summed E-state index contributed by atoms with van der Waals surface area (Å²) in [5.41, 5.74) is 1.97. The Bertz CT molecular complexity index is 726. The molecule has 138 valence electrons. The Morgan fingerprint density at radius 3 is 2.27 bits per heavy atom. The van der Waals surface area contributed by atoms with E-state index in [1.165, 1.54) is 5.69 Å². The van der Waals surface area contributed by atoms with Gasteiger partial charge in [-0.2, -0.15) is 0 Å². The molecule has 0 unspecified atom stereocenters. The highest BCUT2D eigenvalue weighted by Gasteiger charge is 2.16. The van der Waals surface area contributed by atoms with Crippen LogP contribution < -0.4 is 15.0 Å². The van der Waals surface area contributed by atoms with Gasteiger partial charge in [-0.1, -0.05) is 15.9 Å². The minimum Gasteiger partial charge on any atom is -0.481 e. The summed E-state index contributed by atoms with van der Waals surface area (Å²) in [5.74, 6) is 0.501. The number of hydrogen-bond acceptors (Lipinski definition) is 4. The molecule has 6 heteroatoms. The molecule has 0 aromatic heterocycles. The topological polar surface area (TPSA) is 44.8 Å². The van der Waals surface area contributed by atoms with Crippen LogP contribution in [-0.2, 0) is 4.79 Å². The normalized spacial score (nSPS) is 16.2. The van der Waals surface area contributed by atoms with Gasteiger partial charge in [0, 0.05) is 42.0 Å². The second kappa shape index (κ2) is 8.56. The predicted octanol–water partition coefficient (Wildman–Crippen LogP) is 3.61. The van der Waals surface area contributed by atoms with Gasteiger partial charge in [-0.3, -0.25) is 4.79 Å². The summed E-state index contributed by atoms with van der Waals surface area (Å²) in [6.07, 6.45) is -0.575. The van der Waals surface area contributed by atoms with E-state index in [-0.39, 0.29) is 5.91 Å². The van der Waals surface area contributed by atoms with Crippen molar-refractivity contribution < 1.29 is 9.53 Å². The van der Waals surface area contributed by atoms with Crippen molar-refractivity contribution in [2.45, 2.75) is 13.0 Å². The van der Waals surface area contributed by atoms with Crippen LogP contribution in [-0.4, -0.2) is 50.1 Å². The zero-order valence-electron chi connectivity index (χ0n) is 15.1. The number of likely N-dealkylation sites (N-methyl/N-ethyl adjacent to an activating group) is 1. The van der Waals surface area contributed by atoms with Gasteiger partial charge in [0.15, 0.2) is 6.10 Å². The second-order valence-electron chi connectivity index (χ2n) is 6.54. The molecule has 1 saturated heterocycles. The number of carbonyl (C=O) groups excluding carboxylic acids is 1. The standard InChI is InChI=1S/C20H24BrN3O2/c1-15(26-19-9-3-16(21)4-10-19)20(25)22-17-5-7-18(8-6-17)24-13-11-23(2)12-14-24/h3-10,15H,11-14H2,1-2H3,(H,22,25)/t15-/m1/s1. The van der Waals surface area contributed by atoms with Gasteiger partial charge in [-0.05, 0) is 62.5 Å². The fraction of sp³-hybridized carbons (Fsp3) is 0.350. The van der Waals surface area contributed by atoms with Crippen LogP contribution in [0.15, 0.2) is 53.0 Å². The van der Waals surface area contributed by atoms with Gasteiger partial charge in [0.1, 0.15) is 5.75 Å². The lowest BCUT2D eigenvalue weighted by Crippen LogP contribution is -2.44. The number of amides is 1. The highest BCUT2D eigenvalue weighted by Crippen LogP contribution is 2.20. The van der Waals surface area contributed by atoms with Crippen LogP contribution in [0.25, 0.3) is 0 Å². The molecule has 5 nitrogen and oxygen atoms in total. The van der Waals surface area contributed by atoms with E-state index in [1.54, 1.807) is 6.92 Å². The molecule has 1 atom stereocenters. The second-order valence-corrected chi connectivity index (χ2v) is 7.46. The third kappa shape index (κ3) is 4.99. The Morgan fingerprint density at radius 1 is 1.04 bits per heavy atom. The van der Waals surface area contributed by atoms with Gasteiger partial charge in [-0.25, -0.2) is 0 Å². The highest BCUT2D eigenvalue weighted by atomic mass is 79.9. The number of anilines is 2. The predicted molar refractivity (Wildman–Crippen MR) is 109 cm³/mol. The van der Waals surface area contributed by atoms with Gasteiger partial charge < -0.3 is 19.9 Å². The molecule has 1 heterocycles. The fourth-order valence-corrected chi connectivity index (χ4v) is 3.10. The molecule has 1 amide bonds. The number of piperazine rings is 1. The molecule has 3 rings (SSSR count). The lowest BCUT2D eigenvalue weighted by atomic mass is 10.2. The number of nitrogens with one attached hydrogen (secondary N) is 1. The quantitative estimate of drug-likeness (QED) is 0.806. The van der Waals surface area contributed by atoms with Crippen LogP contribution in [0.1, 0.15) is 6.92 Å². The molecule has 0 saturated carbocycles. The van der Waals surface area contributed by atoms with Crippen molar-refractivity contribution in [1.82, 2.24) is 4.90 Å². The van der Waals surface area contributed by atoms with E-state index in [9.17, 15) is 4.79 Å². The Hall–Kier alpha value is -2.05. The van der Waals surface area contributed by atoms with E-state index in [0.29, 0.717) is 5.75 Å². The van der Waals surface area contributed by atoms with Crippen molar-refractivity contribution >= 4 is 33.2 Å². The van der Waals surface area contributed by atoms with Crippen LogP contribution in [0.3, 0.4) is 0 Å². The van der Waals surface area contributed by atoms with E-state index in [4.69, 9.17) is 4.74 Å². The summed E-state index contributed by atoms with van der Waals surface area (Å²) < 4.78 is 6.66. The van der Waals surface area contributed by atoms with Crippen molar-refractivity contribution in [1.29, 1.82) is 0 Å². The first-order chi connectivity index (χ1) is 12.5. The molecule has 0 aliphatic carbocycles. The molecule has 26 heavy (non-hydrogen) atoms. The van der Waals surface area contributed by atoms with Crippen LogP contribution in [0.5, 0.6) is 5.75 Å². The molecule has 0 radical (unpaired) electrons.